The van der Waals surface area contributed by atoms with Crippen LogP contribution in [0, 0.1) is 34.0 Å². The second-order valence-electron chi connectivity index (χ2n) is 10.4. The van der Waals surface area contributed by atoms with Gasteiger partial charge in [0, 0.05) is 16.7 Å². The number of alkyl halides is 3. The Kier molecular flexibility index (Phi) is 4.95. The Hall–Kier alpha value is -1.08. The predicted octanol–water partition coefficient (Wildman–Crippen LogP) is 4.74. The summed E-state index contributed by atoms with van der Waals surface area (Å²) in [5.74, 6) is -1.38. The van der Waals surface area contributed by atoms with Crippen molar-refractivity contribution in [2.24, 2.45) is 34.0 Å². The van der Waals surface area contributed by atoms with Crippen LogP contribution in [0.3, 0.4) is 0 Å². The number of hydrogen-bond acceptors (Lipinski definition) is 4. The van der Waals surface area contributed by atoms with E-state index >= 15 is 8.78 Å². The van der Waals surface area contributed by atoms with Crippen molar-refractivity contribution in [3.63, 3.8) is 0 Å². The first-order valence-electron chi connectivity index (χ1n) is 10.6. The molecule has 0 aromatic rings. The van der Waals surface area contributed by atoms with Crippen LogP contribution in [0.4, 0.5) is 13.2 Å². The number of ketones is 1. The van der Waals surface area contributed by atoms with Crippen molar-refractivity contribution in [3.8, 4) is 0 Å². The Balaban J connectivity index is 1.87. The summed E-state index contributed by atoms with van der Waals surface area (Å²) in [5.41, 5.74) is -5.56. The summed E-state index contributed by atoms with van der Waals surface area (Å²) in [7, 11) is 0. The molecule has 4 rings (SSSR count). The summed E-state index contributed by atoms with van der Waals surface area (Å²) in [5, 5.41) is 11.0. The summed E-state index contributed by atoms with van der Waals surface area (Å²) in [6.07, 6.45) is 1.28. The zero-order valence-electron chi connectivity index (χ0n) is 17.8. The molecule has 0 radical (unpaired) electrons. The van der Waals surface area contributed by atoms with Crippen LogP contribution in [0.2, 0.25) is 0 Å². The number of fused-ring (bicyclic) bond motifs is 5. The first kappa shape index (κ1) is 22.1. The molecule has 1 N–H and O–H groups in total. The molecule has 3 saturated carbocycles. The fraction of sp³-hybridized carbons (Fsp3) is 0.739. The van der Waals surface area contributed by atoms with E-state index in [1.807, 2.05) is 13.8 Å². The molecule has 0 bridgehead atoms. The highest BCUT2D eigenvalue weighted by Crippen LogP contribution is 2.75. The van der Waals surface area contributed by atoms with Crippen LogP contribution in [-0.2, 0) is 9.59 Å². The van der Waals surface area contributed by atoms with Crippen LogP contribution in [-0.4, -0.2) is 40.0 Å². The highest BCUT2D eigenvalue weighted by Gasteiger charge is 2.77. The van der Waals surface area contributed by atoms with Gasteiger partial charge < -0.3 is 5.11 Å². The summed E-state index contributed by atoms with van der Waals surface area (Å²) in [4.78, 5) is 24.7. The van der Waals surface area contributed by atoms with Gasteiger partial charge in [0.2, 0.25) is 0 Å². The number of carbonyl (C=O) groups excluding carboxylic acids is 2. The molecule has 4 aliphatic rings. The molecule has 0 aromatic heterocycles. The quantitative estimate of drug-likeness (QED) is 0.671. The van der Waals surface area contributed by atoms with E-state index in [9.17, 15) is 19.1 Å². The molecule has 3 fully saturated rings. The van der Waals surface area contributed by atoms with E-state index in [-0.39, 0.29) is 41.1 Å². The van der Waals surface area contributed by atoms with Crippen molar-refractivity contribution in [3.05, 3.63) is 23.8 Å². The fourth-order valence-corrected chi connectivity index (χ4v) is 8.68. The topological polar surface area (TPSA) is 54.4 Å². The second-order valence-corrected chi connectivity index (χ2v) is 11.3. The number of aliphatic hydroxyl groups excluding tert-OH is 1. The van der Waals surface area contributed by atoms with Crippen molar-refractivity contribution in [2.75, 3.05) is 6.01 Å². The average Bonchev–Trinajstić information content (AvgIpc) is 2.92. The maximum Gasteiger partial charge on any atom is 0.195 e. The highest BCUT2D eigenvalue weighted by atomic mass is 32.2. The molecular formula is C23H29F3O3S. The minimum Gasteiger partial charge on any atom is -0.390 e. The number of thioether (sulfide) groups is 1. The molecule has 0 amide bonds. The first-order chi connectivity index (χ1) is 13.9. The molecule has 0 aliphatic heterocycles. The Morgan fingerprint density at radius 3 is 2.60 bits per heavy atom. The van der Waals surface area contributed by atoms with E-state index in [2.05, 4.69) is 0 Å². The Morgan fingerprint density at radius 1 is 1.30 bits per heavy atom. The molecule has 7 heteroatoms. The minimum atomic E-state index is -2.19. The standard InChI is InChI=1S/C23H29F3O3S/c1-12-7-16-20(2,18(12)19(29)30-11-24)10-17(28)23(26)21(3)6-5-13(27)8-14(21)15(25)9-22(16,23)4/h5-6,8,12,15-18,28H,7,9-11H2,1-4H3/t12-,15+,16-,17+,18-,20+,21+,22+,23+/m1/s1. The monoisotopic (exact) mass is 442 g/mol. The van der Waals surface area contributed by atoms with Crippen molar-refractivity contribution in [2.45, 2.75) is 64.9 Å². The van der Waals surface area contributed by atoms with Gasteiger partial charge in [-0.2, -0.15) is 0 Å². The molecule has 3 nitrogen and oxygen atoms in total. The molecule has 9 atom stereocenters. The van der Waals surface area contributed by atoms with Gasteiger partial charge in [0.05, 0.1) is 6.10 Å². The van der Waals surface area contributed by atoms with E-state index in [0.29, 0.717) is 18.2 Å². The van der Waals surface area contributed by atoms with Gasteiger partial charge in [0.15, 0.2) is 16.6 Å². The molecular weight excluding hydrogens is 413 g/mol. The van der Waals surface area contributed by atoms with E-state index in [0.717, 1.165) is 0 Å². The van der Waals surface area contributed by atoms with E-state index in [4.69, 9.17) is 0 Å². The summed E-state index contributed by atoms with van der Waals surface area (Å²) in [6, 6.07) is -0.826. The lowest BCUT2D eigenvalue weighted by molar-refractivity contribution is -0.246. The molecule has 30 heavy (non-hydrogen) atoms. The molecule has 0 spiro atoms. The fourth-order valence-electron chi connectivity index (χ4n) is 7.89. The number of hydrogen-bond donors (Lipinski definition) is 1. The van der Waals surface area contributed by atoms with E-state index in [1.165, 1.54) is 18.2 Å². The van der Waals surface area contributed by atoms with Gasteiger partial charge in [-0.3, -0.25) is 9.59 Å². The van der Waals surface area contributed by atoms with E-state index in [1.54, 1.807) is 13.8 Å². The smallest absolute Gasteiger partial charge is 0.195 e. The Morgan fingerprint density at radius 2 is 1.97 bits per heavy atom. The normalized spacial score (nSPS) is 52.3. The predicted molar refractivity (Wildman–Crippen MR) is 110 cm³/mol. The molecule has 166 valence electrons. The van der Waals surface area contributed by atoms with Crippen LogP contribution in [0.15, 0.2) is 23.8 Å². The van der Waals surface area contributed by atoms with Gasteiger partial charge in [-0.15, -0.1) is 0 Å². The molecule has 0 saturated heterocycles. The summed E-state index contributed by atoms with van der Waals surface area (Å²) >= 11 is 0.621. The maximum atomic E-state index is 17.3. The van der Waals surface area contributed by atoms with Crippen LogP contribution < -0.4 is 0 Å². The maximum absolute atomic E-state index is 17.3. The third-order valence-corrected chi connectivity index (χ3v) is 9.65. The lowest BCUT2D eigenvalue weighted by Gasteiger charge is -2.67. The SMILES string of the molecule is C[C@@H]1C[C@@H]2[C@](C)(C[C@H](O)[C@]3(F)[C@@]4(C)C=CC(=O)C=C4[C@@H](F)C[C@@]23C)[C@H]1C(=O)SCF. The zero-order chi connectivity index (χ0) is 22.3. The van der Waals surface area contributed by atoms with Crippen LogP contribution in [0.1, 0.15) is 47.0 Å². The third-order valence-electron chi connectivity index (χ3n) is 9.00. The van der Waals surface area contributed by atoms with Gasteiger partial charge in [-0.25, -0.2) is 13.2 Å². The van der Waals surface area contributed by atoms with Gasteiger partial charge in [-0.05, 0) is 61.2 Å². The lowest BCUT2D eigenvalue weighted by atomic mass is 9.39. The van der Waals surface area contributed by atoms with E-state index < -0.39 is 46.1 Å². The largest absolute Gasteiger partial charge is 0.390 e. The molecule has 4 aliphatic carbocycles. The zero-order valence-corrected chi connectivity index (χ0v) is 18.6. The Labute approximate surface area is 179 Å². The minimum absolute atomic E-state index is 0.0406. The number of aliphatic hydroxyl groups is 1. The molecule has 0 unspecified atom stereocenters. The Bertz CT molecular complexity index is 859. The van der Waals surface area contributed by atoms with Crippen molar-refractivity contribution in [1.29, 1.82) is 0 Å². The van der Waals surface area contributed by atoms with Crippen molar-refractivity contribution >= 4 is 22.7 Å². The second kappa shape index (κ2) is 6.71. The van der Waals surface area contributed by atoms with Gasteiger partial charge in [0.25, 0.3) is 0 Å². The van der Waals surface area contributed by atoms with Crippen LogP contribution in [0.25, 0.3) is 0 Å². The van der Waals surface area contributed by atoms with Gasteiger partial charge in [-0.1, -0.05) is 38.6 Å². The molecule has 0 aromatic carbocycles. The van der Waals surface area contributed by atoms with Crippen LogP contribution in [0.5, 0.6) is 0 Å². The number of carbonyl (C=O) groups is 2. The molecule has 0 heterocycles. The van der Waals surface area contributed by atoms with Gasteiger partial charge >= 0.3 is 0 Å². The van der Waals surface area contributed by atoms with Crippen LogP contribution >= 0.6 is 11.8 Å². The lowest BCUT2D eigenvalue weighted by Crippen LogP contribution is -2.73. The average molecular weight is 443 g/mol. The van der Waals surface area contributed by atoms with Gasteiger partial charge in [0.1, 0.15) is 12.2 Å². The van der Waals surface area contributed by atoms with Crippen molar-refractivity contribution < 1.29 is 27.9 Å². The summed E-state index contributed by atoms with van der Waals surface area (Å²) < 4.78 is 45.7. The number of allylic oxidation sites excluding steroid dienone is 4. The highest BCUT2D eigenvalue weighted by molar-refractivity contribution is 8.13. The van der Waals surface area contributed by atoms with Crippen molar-refractivity contribution in [1.82, 2.24) is 0 Å². The number of rotatable bonds is 2. The number of halogens is 3. The summed E-state index contributed by atoms with van der Waals surface area (Å²) in [6.45, 7) is 7.04. The third kappa shape index (κ3) is 2.45. The first-order valence-corrected chi connectivity index (χ1v) is 11.5.